The van der Waals surface area contributed by atoms with Crippen LogP contribution >= 0.6 is 0 Å². The van der Waals surface area contributed by atoms with E-state index in [1.165, 1.54) is 0 Å². The number of ketones is 1. The first kappa shape index (κ1) is 10.3. The summed E-state index contributed by atoms with van der Waals surface area (Å²) in [6.07, 6.45) is 2.80. The fraction of sp³-hybridized carbons (Fsp3) is 0.778. The molecule has 0 unspecified atom stereocenters. The lowest BCUT2D eigenvalue weighted by Gasteiger charge is -1.95. The molecule has 0 saturated carbocycles. The lowest BCUT2D eigenvalue weighted by molar-refractivity contribution is -0.115. The SMILES string of the molecule is CCCC/N=C(\C)CC(C)=O. The van der Waals surface area contributed by atoms with E-state index in [0.717, 1.165) is 25.1 Å². The van der Waals surface area contributed by atoms with Gasteiger partial charge in [0.25, 0.3) is 0 Å². The van der Waals surface area contributed by atoms with Crippen molar-refractivity contribution in [3.63, 3.8) is 0 Å². The summed E-state index contributed by atoms with van der Waals surface area (Å²) < 4.78 is 0. The lowest BCUT2D eigenvalue weighted by Crippen LogP contribution is -2.00. The molecule has 0 fully saturated rings. The highest BCUT2D eigenvalue weighted by Crippen LogP contribution is 1.92. The maximum absolute atomic E-state index is 10.6. The molecule has 0 bridgehead atoms. The Hall–Kier alpha value is -0.660. The standard InChI is InChI=1S/C9H17NO/c1-4-5-6-10-8(2)7-9(3)11/h4-7H2,1-3H3/b10-8+. The molecule has 0 aliphatic heterocycles. The van der Waals surface area contributed by atoms with Gasteiger partial charge in [0.2, 0.25) is 0 Å². The van der Waals surface area contributed by atoms with Gasteiger partial charge in [0.05, 0.1) is 0 Å². The van der Waals surface area contributed by atoms with E-state index in [9.17, 15) is 4.79 Å². The van der Waals surface area contributed by atoms with Crippen molar-refractivity contribution in [2.24, 2.45) is 4.99 Å². The number of aliphatic imine (C=N–C) groups is 1. The van der Waals surface area contributed by atoms with E-state index >= 15 is 0 Å². The summed E-state index contributed by atoms with van der Waals surface area (Å²) in [5, 5.41) is 0. The predicted octanol–water partition coefficient (Wildman–Crippen LogP) is 2.23. The monoisotopic (exact) mass is 155 g/mol. The topological polar surface area (TPSA) is 29.4 Å². The first-order valence-corrected chi connectivity index (χ1v) is 4.16. The molecule has 0 spiro atoms. The van der Waals surface area contributed by atoms with E-state index < -0.39 is 0 Å². The molecular formula is C9H17NO. The third kappa shape index (κ3) is 7.23. The Balaban J connectivity index is 3.54. The van der Waals surface area contributed by atoms with Gasteiger partial charge in [-0.1, -0.05) is 13.3 Å². The van der Waals surface area contributed by atoms with Gasteiger partial charge in [-0.2, -0.15) is 0 Å². The van der Waals surface area contributed by atoms with Gasteiger partial charge in [-0.3, -0.25) is 9.79 Å². The van der Waals surface area contributed by atoms with Gasteiger partial charge in [-0.05, 0) is 20.3 Å². The normalized spacial score (nSPS) is 11.7. The van der Waals surface area contributed by atoms with Gasteiger partial charge in [-0.15, -0.1) is 0 Å². The zero-order valence-corrected chi connectivity index (χ0v) is 7.68. The van der Waals surface area contributed by atoms with Gasteiger partial charge in [0.15, 0.2) is 0 Å². The van der Waals surface area contributed by atoms with Crippen LogP contribution in [0.3, 0.4) is 0 Å². The molecule has 0 aromatic rings. The van der Waals surface area contributed by atoms with Crippen LogP contribution in [0.2, 0.25) is 0 Å². The smallest absolute Gasteiger partial charge is 0.135 e. The Kier molecular flexibility index (Phi) is 5.71. The Bertz CT molecular complexity index is 150. The van der Waals surface area contributed by atoms with E-state index in [0.29, 0.717) is 6.42 Å². The average molecular weight is 155 g/mol. The minimum Gasteiger partial charge on any atom is -0.300 e. The van der Waals surface area contributed by atoms with E-state index in [1.54, 1.807) is 6.92 Å². The van der Waals surface area contributed by atoms with E-state index in [4.69, 9.17) is 0 Å². The van der Waals surface area contributed by atoms with Crippen LogP contribution in [-0.2, 0) is 4.79 Å². The molecule has 2 heteroatoms. The number of carbonyl (C=O) groups excluding carboxylic acids is 1. The Morgan fingerprint density at radius 2 is 2.00 bits per heavy atom. The lowest BCUT2D eigenvalue weighted by atomic mass is 10.2. The van der Waals surface area contributed by atoms with Gasteiger partial charge >= 0.3 is 0 Å². The van der Waals surface area contributed by atoms with E-state index in [-0.39, 0.29) is 5.78 Å². The van der Waals surface area contributed by atoms with E-state index in [2.05, 4.69) is 11.9 Å². The number of carbonyl (C=O) groups is 1. The van der Waals surface area contributed by atoms with Crippen molar-refractivity contribution in [2.75, 3.05) is 6.54 Å². The number of unbranched alkanes of at least 4 members (excludes halogenated alkanes) is 1. The molecule has 0 heterocycles. The molecule has 2 nitrogen and oxygen atoms in total. The number of hydrogen-bond acceptors (Lipinski definition) is 2. The van der Waals surface area contributed by atoms with Crippen LogP contribution in [0.15, 0.2) is 4.99 Å². The highest BCUT2D eigenvalue weighted by Gasteiger charge is 1.94. The van der Waals surface area contributed by atoms with Crippen molar-refractivity contribution in [1.82, 2.24) is 0 Å². The third-order valence-corrected chi connectivity index (χ3v) is 1.40. The third-order valence-electron chi connectivity index (χ3n) is 1.40. The van der Waals surface area contributed by atoms with Crippen LogP contribution in [0.25, 0.3) is 0 Å². The predicted molar refractivity (Wildman–Crippen MR) is 48.2 cm³/mol. The summed E-state index contributed by atoms with van der Waals surface area (Å²) in [7, 11) is 0. The van der Waals surface area contributed by atoms with Gasteiger partial charge in [0.1, 0.15) is 5.78 Å². The maximum atomic E-state index is 10.6. The van der Waals surface area contributed by atoms with Crippen LogP contribution in [0.4, 0.5) is 0 Å². The summed E-state index contributed by atoms with van der Waals surface area (Å²) >= 11 is 0. The second kappa shape index (κ2) is 6.08. The Morgan fingerprint density at radius 1 is 1.36 bits per heavy atom. The molecule has 0 saturated heterocycles. The molecule has 0 aliphatic rings. The molecule has 0 N–H and O–H groups in total. The number of hydrogen-bond donors (Lipinski definition) is 0. The number of Topliss-reactive ketones (excluding diaryl/α,β-unsaturated/α-hetero) is 1. The average Bonchev–Trinajstić information content (AvgIpc) is 1.86. The summed E-state index contributed by atoms with van der Waals surface area (Å²) in [5.41, 5.74) is 0.964. The van der Waals surface area contributed by atoms with Crippen molar-refractivity contribution in [2.45, 2.75) is 40.0 Å². The van der Waals surface area contributed by atoms with Gasteiger partial charge < -0.3 is 0 Å². The summed E-state index contributed by atoms with van der Waals surface area (Å²) in [4.78, 5) is 14.9. The van der Waals surface area contributed by atoms with Crippen LogP contribution in [0, 0.1) is 0 Å². The van der Waals surface area contributed by atoms with Crippen molar-refractivity contribution in [3.8, 4) is 0 Å². The van der Waals surface area contributed by atoms with Crippen LogP contribution in [0.5, 0.6) is 0 Å². The fourth-order valence-corrected chi connectivity index (χ4v) is 0.844. The highest BCUT2D eigenvalue weighted by molar-refractivity contribution is 5.99. The minimum atomic E-state index is 0.197. The van der Waals surface area contributed by atoms with Crippen LogP contribution in [-0.4, -0.2) is 18.0 Å². The summed E-state index contributed by atoms with van der Waals surface area (Å²) in [6, 6.07) is 0. The summed E-state index contributed by atoms with van der Waals surface area (Å²) in [5.74, 6) is 0.197. The zero-order chi connectivity index (χ0) is 8.69. The van der Waals surface area contributed by atoms with Crippen molar-refractivity contribution in [1.29, 1.82) is 0 Å². The number of rotatable bonds is 5. The molecule has 0 radical (unpaired) electrons. The molecular weight excluding hydrogens is 138 g/mol. The molecule has 0 rings (SSSR count). The van der Waals surface area contributed by atoms with Crippen molar-refractivity contribution < 1.29 is 4.79 Å². The zero-order valence-electron chi connectivity index (χ0n) is 7.68. The van der Waals surface area contributed by atoms with Crippen molar-refractivity contribution >= 4 is 11.5 Å². The van der Waals surface area contributed by atoms with Gasteiger partial charge in [0, 0.05) is 18.7 Å². The van der Waals surface area contributed by atoms with Crippen LogP contribution in [0.1, 0.15) is 40.0 Å². The minimum absolute atomic E-state index is 0.197. The fourth-order valence-electron chi connectivity index (χ4n) is 0.844. The second-order valence-corrected chi connectivity index (χ2v) is 2.85. The first-order valence-electron chi connectivity index (χ1n) is 4.16. The Labute approximate surface area is 68.7 Å². The van der Waals surface area contributed by atoms with Crippen LogP contribution < -0.4 is 0 Å². The first-order chi connectivity index (χ1) is 5.16. The second-order valence-electron chi connectivity index (χ2n) is 2.85. The quantitative estimate of drug-likeness (QED) is 0.442. The summed E-state index contributed by atoms with van der Waals surface area (Å²) in [6.45, 7) is 6.52. The molecule has 0 amide bonds. The highest BCUT2D eigenvalue weighted by atomic mass is 16.1. The van der Waals surface area contributed by atoms with Crippen molar-refractivity contribution in [3.05, 3.63) is 0 Å². The molecule has 0 aliphatic carbocycles. The van der Waals surface area contributed by atoms with Gasteiger partial charge in [-0.25, -0.2) is 0 Å². The van der Waals surface area contributed by atoms with E-state index in [1.807, 2.05) is 6.92 Å². The maximum Gasteiger partial charge on any atom is 0.135 e. The largest absolute Gasteiger partial charge is 0.300 e. The molecule has 0 aromatic carbocycles. The molecule has 64 valence electrons. The molecule has 0 aromatic heterocycles. The molecule has 0 atom stereocenters. The Morgan fingerprint density at radius 3 is 2.45 bits per heavy atom. The molecule has 11 heavy (non-hydrogen) atoms. The number of nitrogens with zero attached hydrogens (tertiary/aromatic N) is 1.